The van der Waals surface area contributed by atoms with E-state index in [-0.39, 0.29) is 17.7 Å². The molecule has 158 valence electrons. The van der Waals surface area contributed by atoms with Gasteiger partial charge in [-0.2, -0.15) is 22.7 Å². The molecular formula is C20H21F3N6O. The van der Waals surface area contributed by atoms with Gasteiger partial charge >= 0.3 is 6.18 Å². The highest BCUT2D eigenvalue weighted by Gasteiger charge is 2.37. The molecule has 1 unspecified atom stereocenters. The number of amides is 1. The van der Waals surface area contributed by atoms with Gasteiger partial charge in [0.15, 0.2) is 0 Å². The van der Waals surface area contributed by atoms with Crippen LogP contribution in [0.1, 0.15) is 41.1 Å². The number of benzene rings is 1. The average Bonchev–Trinajstić information content (AvgIpc) is 3.17. The van der Waals surface area contributed by atoms with Gasteiger partial charge in [0.05, 0.1) is 0 Å². The molecule has 1 fully saturated rings. The number of anilines is 1. The summed E-state index contributed by atoms with van der Waals surface area (Å²) in [5.74, 6) is -0.987. The van der Waals surface area contributed by atoms with E-state index in [1.54, 1.807) is 37.3 Å². The van der Waals surface area contributed by atoms with Crippen molar-refractivity contribution >= 4 is 17.5 Å². The van der Waals surface area contributed by atoms with E-state index >= 15 is 0 Å². The molecule has 0 spiro atoms. The Labute approximate surface area is 170 Å². The summed E-state index contributed by atoms with van der Waals surface area (Å²) in [6.07, 6.45) is -1.98. The zero-order chi connectivity index (χ0) is 21.3. The second-order valence-corrected chi connectivity index (χ2v) is 7.32. The molecule has 0 bridgehead atoms. The highest BCUT2D eigenvalue weighted by atomic mass is 19.4. The Hall–Kier alpha value is -3.17. The summed E-state index contributed by atoms with van der Waals surface area (Å²) in [7, 11) is 0. The lowest BCUT2D eigenvalue weighted by Crippen LogP contribution is -2.47. The van der Waals surface area contributed by atoms with Gasteiger partial charge in [-0.25, -0.2) is 4.98 Å². The molecule has 1 atom stereocenters. The zero-order valence-electron chi connectivity index (χ0n) is 16.4. The molecule has 1 amide bonds. The van der Waals surface area contributed by atoms with Crippen molar-refractivity contribution in [2.45, 2.75) is 38.4 Å². The molecule has 1 aromatic carbocycles. The maximum Gasteiger partial charge on any atom is 0.453 e. The summed E-state index contributed by atoms with van der Waals surface area (Å²) in [6, 6.07) is 10.5. The standard InChI is InChI=1S/C20H21F3N6O/c1-13-11-16(29-19(25-13)26-18(27-29)20(21,22)23)28-10-6-5-9-15(28)12-24-17(30)14-7-3-2-4-8-14/h2-4,7-8,11,15H,5-6,9-10,12H2,1H3,(H,24,30). The van der Waals surface area contributed by atoms with Gasteiger partial charge in [-0.3, -0.25) is 4.79 Å². The Morgan fingerprint density at radius 3 is 2.70 bits per heavy atom. The normalized spacial score (nSPS) is 17.3. The summed E-state index contributed by atoms with van der Waals surface area (Å²) < 4.78 is 40.5. The topological polar surface area (TPSA) is 75.4 Å². The highest BCUT2D eigenvalue weighted by Crippen LogP contribution is 2.29. The van der Waals surface area contributed by atoms with E-state index in [1.807, 2.05) is 11.0 Å². The number of alkyl halides is 3. The largest absolute Gasteiger partial charge is 0.453 e. The van der Waals surface area contributed by atoms with Gasteiger partial charge < -0.3 is 10.2 Å². The van der Waals surface area contributed by atoms with Crippen LogP contribution in [0, 0.1) is 6.92 Å². The molecule has 10 heteroatoms. The molecule has 1 N–H and O–H groups in total. The molecule has 0 radical (unpaired) electrons. The molecule has 2 aromatic heterocycles. The first-order chi connectivity index (χ1) is 14.3. The maximum absolute atomic E-state index is 13.1. The number of aryl methyl sites for hydroxylation is 1. The van der Waals surface area contributed by atoms with Crippen LogP contribution in [0.15, 0.2) is 36.4 Å². The van der Waals surface area contributed by atoms with Crippen LogP contribution >= 0.6 is 0 Å². The van der Waals surface area contributed by atoms with Crippen molar-refractivity contribution in [2.75, 3.05) is 18.0 Å². The van der Waals surface area contributed by atoms with Gasteiger partial charge in [-0.15, -0.1) is 5.10 Å². The third kappa shape index (κ3) is 4.07. The van der Waals surface area contributed by atoms with Crippen molar-refractivity contribution in [1.82, 2.24) is 24.9 Å². The molecule has 4 rings (SSSR count). The molecular weight excluding hydrogens is 397 g/mol. The van der Waals surface area contributed by atoms with Crippen LogP contribution in [-0.4, -0.2) is 44.6 Å². The van der Waals surface area contributed by atoms with Crippen LogP contribution in [0.3, 0.4) is 0 Å². The molecule has 1 aliphatic rings. The number of nitrogens with one attached hydrogen (secondary N) is 1. The van der Waals surface area contributed by atoms with Crippen LogP contribution in [0.4, 0.5) is 19.0 Å². The van der Waals surface area contributed by atoms with E-state index < -0.39 is 12.0 Å². The Balaban J connectivity index is 1.61. The number of halogens is 3. The number of rotatable bonds is 4. The fourth-order valence-electron chi connectivity index (χ4n) is 3.71. The van der Waals surface area contributed by atoms with Crippen molar-refractivity contribution in [1.29, 1.82) is 0 Å². The highest BCUT2D eigenvalue weighted by molar-refractivity contribution is 5.94. The summed E-state index contributed by atoms with van der Waals surface area (Å²) in [4.78, 5) is 22.1. The molecule has 3 heterocycles. The van der Waals surface area contributed by atoms with Crippen molar-refractivity contribution < 1.29 is 18.0 Å². The third-order valence-corrected chi connectivity index (χ3v) is 5.13. The molecule has 1 saturated heterocycles. The fourth-order valence-corrected chi connectivity index (χ4v) is 3.71. The first kappa shape index (κ1) is 20.1. The molecule has 1 aliphatic heterocycles. The lowest BCUT2D eigenvalue weighted by molar-refractivity contribution is -0.144. The molecule has 0 aliphatic carbocycles. The number of piperidine rings is 1. The van der Waals surface area contributed by atoms with E-state index in [0.717, 1.165) is 23.8 Å². The van der Waals surface area contributed by atoms with Crippen LogP contribution in [0.5, 0.6) is 0 Å². The van der Waals surface area contributed by atoms with Crippen LogP contribution in [0.2, 0.25) is 0 Å². The van der Waals surface area contributed by atoms with Gasteiger partial charge in [0.1, 0.15) is 5.82 Å². The van der Waals surface area contributed by atoms with E-state index in [4.69, 9.17) is 0 Å². The second-order valence-electron chi connectivity index (χ2n) is 7.32. The predicted molar refractivity (Wildman–Crippen MR) is 104 cm³/mol. The van der Waals surface area contributed by atoms with Gasteiger partial charge in [0.25, 0.3) is 17.5 Å². The lowest BCUT2D eigenvalue weighted by atomic mass is 10.0. The SMILES string of the molecule is Cc1cc(N2CCCCC2CNC(=O)c2ccccc2)n2nc(C(F)(F)F)nc2n1. The minimum absolute atomic E-state index is 0.0741. The van der Waals surface area contributed by atoms with E-state index in [1.165, 1.54) is 0 Å². The number of fused-ring (bicyclic) bond motifs is 1. The summed E-state index contributed by atoms with van der Waals surface area (Å²) in [5.41, 5.74) is 1.12. The average molecular weight is 418 g/mol. The van der Waals surface area contributed by atoms with Crippen LogP contribution < -0.4 is 10.2 Å². The quantitative estimate of drug-likeness (QED) is 0.704. The van der Waals surface area contributed by atoms with E-state index in [0.29, 0.717) is 30.2 Å². The Bertz CT molecular complexity index is 1050. The van der Waals surface area contributed by atoms with Gasteiger partial charge in [0, 0.05) is 36.5 Å². The van der Waals surface area contributed by atoms with Crippen molar-refractivity contribution in [2.24, 2.45) is 0 Å². The third-order valence-electron chi connectivity index (χ3n) is 5.13. The Morgan fingerprint density at radius 1 is 1.20 bits per heavy atom. The van der Waals surface area contributed by atoms with Gasteiger partial charge in [-0.1, -0.05) is 18.2 Å². The number of carbonyl (C=O) groups is 1. The number of hydrogen-bond donors (Lipinski definition) is 1. The molecule has 7 nitrogen and oxygen atoms in total. The van der Waals surface area contributed by atoms with Gasteiger partial charge in [0.2, 0.25) is 0 Å². The number of hydrogen-bond acceptors (Lipinski definition) is 5. The van der Waals surface area contributed by atoms with Crippen LogP contribution in [0.25, 0.3) is 5.78 Å². The molecule has 30 heavy (non-hydrogen) atoms. The number of nitrogens with zero attached hydrogens (tertiary/aromatic N) is 5. The predicted octanol–water partition coefficient (Wildman–Crippen LogP) is 3.24. The minimum atomic E-state index is -4.65. The van der Waals surface area contributed by atoms with Crippen molar-refractivity contribution in [3.05, 3.63) is 53.5 Å². The van der Waals surface area contributed by atoms with Gasteiger partial charge in [-0.05, 0) is 38.3 Å². The fraction of sp³-hybridized carbons (Fsp3) is 0.400. The summed E-state index contributed by atoms with van der Waals surface area (Å²) in [5, 5.41) is 6.61. The van der Waals surface area contributed by atoms with E-state index in [2.05, 4.69) is 20.4 Å². The monoisotopic (exact) mass is 418 g/mol. The Kier molecular flexibility index (Phi) is 5.31. The Morgan fingerprint density at radius 2 is 1.97 bits per heavy atom. The van der Waals surface area contributed by atoms with Crippen LogP contribution in [-0.2, 0) is 6.18 Å². The lowest BCUT2D eigenvalue weighted by Gasteiger charge is -2.37. The number of aromatic nitrogens is 4. The van der Waals surface area contributed by atoms with Crippen molar-refractivity contribution in [3.8, 4) is 0 Å². The van der Waals surface area contributed by atoms with Crippen molar-refractivity contribution in [3.63, 3.8) is 0 Å². The summed E-state index contributed by atoms with van der Waals surface area (Å²) >= 11 is 0. The maximum atomic E-state index is 13.1. The smallest absolute Gasteiger partial charge is 0.352 e. The minimum Gasteiger partial charge on any atom is -0.352 e. The first-order valence-corrected chi connectivity index (χ1v) is 9.74. The number of carbonyl (C=O) groups excluding carboxylic acids is 1. The second kappa shape index (κ2) is 7.92. The first-order valence-electron chi connectivity index (χ1n) is 9.74. The molecule has 3 aromatic rings. The molecule has 0 saturated carbocycles. The summed E-state index contributed by atoms with van der Waals surface area (Å²) in [6.45, 7) is 2.73. The zero-order valence-corrected chi connectivity index (χ0v) is 16.4. The van der Waals surface area contributed by atoms with E-state index in [9.17, 15) is 18.0 Å².